The van der Waals surface area contributed by atoms with Gasteiger partial charge in [-0.15, -0.1) is 0 Å². The average Bonchev–Trinajstić information content (AvgIpc) is 3.95. The van der Waals surface area contributed by atoms with Crippen molar-refractivity contribution in [3.8, 4) is 35.2 Å². The Bertz CT molecular complexity index is 2490. The zero-order valence-electron chi connectivity index (χ0n) is 44.2. The smallest absolute Gasteiger partial charge is 0.250 e. The van der Waals surface area contributed by atoms with Gasteiger partial charge in [-0.2, -0.15) is 0 Å². The van der Waals surface area contributed by atoms with Crippen LogP contribution in [0.5, 0.6) is 11.5 Å². The number of phenolic OH excluding ortho intramolecular Hbond substituents is 1. The second-order valence-corrected chi connectivity index (χ2v) is 27.1. The molecule has 0 aliphatic heterocycles. The van der Waals surface area contributed by atoms with Crippen molar-refractivity contribution in [1.29, 1.82) is 0 Å². The fraction of sp³-hybridized carbons (Fsp3) is 0.532. The Balaban J connectivity index is 0.000000256. The lowest BCUT2D eigenvalue weighted by molar-refractivity contribution is -0.121. The number of carbonyl (C=O) groups is 1. The van der Waals surface area contributed by atoms with Crippen LogP contribution in [0, 0.1) is 62.2 Å². The molecule has 2 aliphatic rings. The van der Waals surface area contributed by atoms with Crippen LogP contribution in [0.1, 0.15) is 195 Å². The van der Waals surface area contributed by atoms with E-state index >= 15 is 0 Å². The van der Waals surface area contributed by atoms with E-state index < -0.39 is 14.4 Å². The first-order valence-electron chi connectivity index (χ1n) is 25.5. The highest BCUT2D eigenvalue weighted by Crippen LogP contribution is 2.45. The van der Waals surface area contributed by atoms with Gasteiger partial charge in [0.1, 0.15) is 17.6 Å². The van der Waals surface area contributed by atoms with E-state index in [1.54, 1.807) is 0 Å². The lowest BCUT2D eigenvalue weighted by atomic mass is 9.70. The third-order valence-electron chi connectivity index (χ3n) is 16.9. The molecule has 0 amide bonds. The molecule has 4 aromatic carbocycles. The molecule has 5 heteroatoms. The van der Waals surface area contributed by atoms with Gasteiger partial charge in [0.25, 0.3) is 0 Å². The minimum atomic E-state index is -1.90. The van der Waals surface area contributed by atoms with Gasteiger partial charge in [-0.1, -0.05) is 154 Å². The first-order valence-corrected chi connectivity index (χ1v) is 28.4. The van der Waals surface area contributed by atoms with Crippen molar-refractivity contribution in [1.82, 2.24) is 0 Å². The molecule has 0 bridgehead atoms. The van der Waals surface area contributed by atoms with Gasteiger partial charge in [0.05, 0.1) is 0 Å². The summed E-state index contributed by atoms with van der Waals surface area (Å²) in [6.07, 6.45) is 12.1. The van der Waals surface area contributed by atoms with Crippen molar-refractivity contribution in [2.75, 3.05) is 0 Å². The minimum Gasteiger partial charge on any atom is -0.543 e. The van der Waals surface area contributed by atoms with E-state index in [0.717, 1.165) is 97.8 Å². The van der Waals surface area contributed by atoms with Crippen molar-refractivity contribution in [3.05, 3.63) is 128 Å². The Kier molecular flexibility index (Phi) is 17.1. The summed E-state index contributed by atoms with van der Waals surface area (Å²) >= 11 is 0. The van der Waals surface area contributed by atoms with E-state index in [0.29, 0.717) is 5.75 Å². The minimum absolute atomic E-state index is 0.0584. The molecular formula is C62H84O4Si. The van der Waals surface area contributed by atoms with Crippen molar-refractivity contribution < 1.29 is 19.4 Å². The van der Waals surface area contributed by atoms with Gasteiger partial charge in [-0.25, -0.2) is 0 Å². The highest BCUT2D eigenvalue weighted by molar-refractivity contribution is 6.74. The Morgan fingerprint density at radius 3 is 1.49 bits per heavy atom. The fourth-order valence-corrected chi connectivity index (χ4v) is 11.6. The third-order valence-corrected chi connectivity index (χ3v) is 21.3. The molecule has 1 atom stereocenters. The molecule has 2 saturated carbocycles. The molecule has 2 N–H and O–H groups in total. The molecule has 2 aliphatic carbocycles. The summed E-state index contributed by atoms with van der Waals surface area (Å²) in [6, 6.07) is 25.9. The average molecular weight is 921 g/mol. The van der Waals surface area contributed by atoms with Gasteiger partial charge in [0, 0.05) is 32.8 Å². The Morgan fingerprint density at radius 1 is 0.642 bits per heavy atom. The monoisotopic (exact) mass is 921 g/mol. The first-order chi connectivity index (χ1) is 31.4. The number of hydrogen-bond donors (Lipinski definition) is 2. The SMILES string of the molecule is CCC(CC)(c1ccc(C#CC(=O)C2(C)CCCC2)c(C)c1)c1ccc(O[Si](C)(C)C(C)(C)C)c(C)c1.CCC(CC)(c1ccc(O)c(C)c1)c1ccc(C#CC(O)C2(C)CCCC2)c(C)c1. The summed E-state index contributed by atoms with van der Waals surface area (Å²) in [6.45, 7) is 33.1. The maximum absolute atomic E-state index is 12.8. The summed E-state index contributed by atoms with van der Waals surface area (Å²) < 4.78 is 6.66. The van der Waals surface area contributed by atoms with Gasteiger partial charge < -0.3 is 14.6 Å². The number of aliphatic hydroxyl groups is 1. The molecule has 4 aromatic rings. The van der Waals surface area contributed by atoms with Crippen LogP contribution in [-0.4, -0.2) is 30.4 Å². The van der Waals surface area contributed by atoms with Crippen LogP contribution in [0.2, 0.25) is 18.1 Å². The summed E-state index contributed by atoms with van der Waals surface area (Å²) in [7, 11) is -1.90. The van der Waals surface area contributed by atoms with Crippen molar-refractivity contribution >= 4 is 14.1 Å². The van der Waals surface area contributed by atoms with E-state index in [9.17, 15) is 15.0 Å². The molecule has 6 rings (SSSR count). The van der Waals surface area contributed by atoms with Crippen LogP contribution >= 0.6 is 0 Å². The fourth-order valence-electron chi connectivity index (χ4n) is 10.5. The number of ketones is 1. The summed E-state index contributed by atoms with van der Waals surface area (Å²) in [5, 5.41) is 20.8. The highest BCUT2D eigenvalue weighted by Gasteiger charge is 2.40. The van der Waals surface area contributed by atoms with E-state index in [4.69, 9.17) is 4.43 Å². The lowest BCUT2D eigenvalue weighted by Crippen LogP contribution is -2.44. The first kappa shape index (κ1) is 53.4. The topological polar surface area (TPSA) is 66.8 Å². The molecule has 360 valence electrons. The predicted molar refractivity (Wildman–Crippen MR) is 285 cm³/mol. The molecule has 0 saturated heterocycles. The van der Waals surface area contributed by atoms with Gasteiger partial charge in [0.15, 0.2) is 0 Å². The highest BCUT2D eigenvalue weighted by atomic mass is 28.4. The zero-order valence-corrected chi connectivity index (χ0v) is 45.2. The maximum Gasteiger partial charge on any atom is 0.250 e. The second kappa shape index (κ2) is 21.4. The van der Waals surface area contributed by atoms with Crippen LogP contribution in [0.15, 0.2) is 72.8 Å². The summed E-state index contributed by atoms with van der Waals surface area (Å²) in [5.41, 5.74) is 11.0. The number of phenols is 1. The number of Topliss-reactive ketones (excluding diaryl/α,β-unsaturated/α-hetero) is 1. The number of rotatable bonds is 12. The molecule has 0 aromatic heterocycles. The molecule has 0 spiro atoms. The quantitative estimate of drug-likeness (QED) is 0.110. The van der Waals surface area contributed by atoms with Crippen LogP contribution in [-0.2, 0) is 15.6 Å². The number of aliphatic hydroxyl groups excluding tert-OH is 1. The summed E-state index contributed by atoms with van der Waals surface area (Å²) in [4.78, 5) is 12.8. The number of carbonyl (C=O) groups excluding carboxylic acids is 1. The Labute approximate surface area is 408 Å². The van der Waals surface area contributed by atoms with Gasteiger partial charge in [-0.05, 0) is 172 Å². The zero-order chi connectivity index (χ0) is 49.6. The molecule has 67 heavy (non-hydrogen) atoms. The second-order valence-electron chi connectivity index (χ2n) is 22.4. The maximum atomic E-state index is 12.8. The largest absolute Gasteiger partial charge is 0.543 e. The lowest BCUT2D eigenvalue weighted by Gasteiger charge is -2.38. The van der Waals surface area contributed by atoms with Crippen molar-refractivity contribution in [2.24, 2.45) is 10.8 Å². The standard InChI is InChI=1S/C34H48O2Si.C28H36O2/c1-11-34(12-2,29-18-19-30(26(4)24-29)36-37(9,10)32(5,6)7)28-17-15-27(25(3)23-28)16-20-31(35)33(8)21-13-14-22-33;1-6-28(7-2,24-13-14-25(29)21(4)19-24)23-12-10-22(20(3)18-23)11-15-26(30)27(5)16-8-9-17-27/h15,17-19,23-24H,11-14,21-22H2,1-10H3;10,12-14,18-19,26,29-30H,6-9,16-17H2,1-5H3. The number of aromatic hydroxyl groups is 1. The summed E-state index contributed by atoms with van der Waals surface area (Å²) in [5.74, 6) is 14.0. The van der Waals surface area contributed by atoms with Gasteiger partial charge in [-0.3, -0.25) is 4.79 Å². The third kappa shape index (κ3) is 11.5. The number of aryl methyl sites for hydroxylation is 4. The molecule has 0 heterocycles. The van der Waals surface area contributed by atoms with E-state index in [1.807, 2.05) is 13.0 Å². The molecule has 1 unspecified atom stereocenters. The number of hydrogen-bond acceptors (Lipinski definition) is 4. The predicted octanol–water partition coefficient (Wildman–Crippen LogP) is 15.7. The van der Waals surface area contributed by atoms with Crippen LogP contribution in [0.25, 0.3) is 0 Å². The van der Waals surface area contributed by atoms with Crippen molar-refractivity contribution in [2.45, 2.75) is 202 Å². The van der Waals surface area contributed by atoms with Crippen LogP contribution in [0.4, 0.5) is 0 Å². The van der Waals surface area contributed by atoms with Gasteiger partial charge >= 0.3 is 0 Å². The van der Waals surface area contributed by atoms with Gasteiger partial charge in [0.2, 0.25) is 14.1 Å². The Hall–Kier alpha value is -4.55. The van der Waals surface area contributed by atoms with Crippen molar-refractivity contribution in [3.63, 3.8) is 0 Å². The number of benzene rings is 4. The molecule has 0 radical (unpaired) electrons. The molecular weight excluding hydrogens is 837 g/mol. The normalized spacial score (nSPS) is 16.2. The van der Waals surface area contributed by atoms with E-state index in [1.165, 1.54) is 40.7 Å². The van der Waals surface area contributed by atoms with E-state index in [2.05, 4.69) is 187 Å². The molecule has 2 fully saturated rings. The van der Waals surface area contributed by atoms with E-state index in [-0.39, 0.29) is 32.5 Å². The molecule has 4 nitrogen and oxygen atoms in total. The Morgan fingerprint density at radius 2 is 1.06 bits per heavy atom. The van der Waals surface area contributed by atoms with Crippen LogP contribution in [0.3, 0.4) is 0 Å². The van der Waals surface area contributed by atoms with Crippen LogP contribution < -0.4 is 4.43 Å².